The highest BCUT2D eigenvalue weighted by atomic mass is 16.2. The predicted molar refractivity (Wildman–Crippen MR) is 72.7 cm³/mol. The summed E-state index contributed by atoms with van der Waals surface area (Å²) in [5.74, 6) is -1.32. The van der Waals surface area contributed by atoms with E-state index in [9.17, 15) is 9.59 Å². The Morgan fingerprint density at radius 2 is 1.70 bits per heavy atom. The van der Waals surface area contributed by atoms with Gasteiger partial charge in [0, 0.05) is 11.9 Å². The van der Waals surface area contributed by atoms with E-state index in [1.54, 1.807) is 42.5 Å². The molecule has 2 amide bonds. The van der Waals surface area contributed by atoms with Crippen LogP contribution in [0.15, 0.2) is 48.7 Å². The van der Waals surface area contributed by atoms with E-state index in [1.807, 2.05) is 6.07 Å². The lowest BCUT2D eigenvalue weighted by Crippen LogP contribution is -2.29. The van der Waals surface area contributed by atoms with Gasteiger partial charge in [-0.2, -0.15) is 5.26 Å². The van der Waals surface area contributed by atoms with Crippen LogP contribution in [-0.2, 0) is 9.59 Å². The maximum Gasteiger partial charge on any atom is 0.315 e. The molecule has 0 aliphatic heterocycles. The minimum atomic E-state index is -0.812. The molecule has 0 spiro atoms. The number of rotatable bonds is 2. The number of pyridine rings is 1. The van der Waals surface area contributed by atoms with Gasteiger partial charge in [0.25, 0.3) is 0 Å². The molecule has 0 aliphatic rings. The van der Waals surface area contributed by atoms with Crippen LogP contribution in [-0.4, -0.2) is 16.8 Å². The van der Waals surface area contributed by atoms with Gasteiger partial charge in [-0.3, -0.25) is 9.59 Å². The number of nitrogens with zero attached hydrogens (tertiary/aromatic N) is 2. The van der Waals surface area contributed by atoms with Gasteiger partial charge >= 0.3 is 11.8 Å². The van der Waals surface area contributed by atoms with Crippen molar-refractivity contribution in [2.45, 2.75) is 0 Å². The normalized spacial score (nSPS) is 9.35. The lowest BCUT2D eigenvalue weighted by atomic mass is 10.2. The van der Waals surface area contributed by atoms with Gasteiger partial charge in [-0.15, -0.1) is 0 Å². The Labute approximate surface area is 115 Å². The number of carbonyl (C=O) groups is 2. The van der Waals surface area contributed by atoms with E-state index in [4.69, 9.17) is 5.26 Å². The van der Waals surface area contributed by atoms with Crippen molar-refractivity contribution in [2.75, 3.05) is 10.6 Å². The third-order valence-electron chi connectivity index (χ3n) is 2.38. The summed E-state index contributed by atoms with van der Waals surface area (Å²) in [6.07, 6.45) is 1.51. The second-order valence-corrected chi connectivity index (χ2v) is 3.81. The monoisotopic (exact) mass is 266 g/mol. The minimum absolute atomic E-state index is 0.299. The molecule has 0 saturated heterocycles. The number of aromatic nitrogens is 1. The van der Waals surface area contributed by atoms with Gasteiger partial charge in [0.05, 0.1) is 11.6 Å². The van der Waals surface area contributed by atoms with Crippen LogP contribution in [0.4, 0.5) is 11.5 Å². The maximum atomic E-state index is 11.7. The molecule has 0 saturated carbocycles. The zero-order valence-electron chi connectivity index (χ0n) is 10.3. The van der Waals surface area contributed by atoms with Crippen LogP contribution in [0.5, 0.6) is 0 Å². The van der Waals surface area contributed by atoms with Crippen molar-refractivity contribution in [3.05, 3.63) is 54.2 Å². The van der Waals surface area contributed by atoms with Crippen molar-refractivity contribution in [3.8, 4) is 6.07 Å². The summed E-state index contributed by atoms with van der Waals surface area (Å²) in [7, 11) is 0. The number of anilines is 2. The summed E-state index contributed by atoms with van der Waals surface area (Å²) in [5.41, 5.74) is 0.908. The molecular formula is C14H10N4O2. The molecule has 1 heterocycles. The van der Waals surface area contributed by atoms with Crippen LogP contribution >= 0.6 is 0 Å². The molecule has 6 heteroatoms. The zero-order chi connectivity index (χ0) is 14.4. The topological polar surface area (TPSA) is 94.9 Å². The first-order chi connectivity index (χ1) is 9.69. The molecule has 0 radical (unpaired) electrons. The van der Waals surface area contributed by atoms with Crippen molar-refractivity contribution in [1.29, 1.82) is 5.26 Å². The number of nitriles is 1. The molecule has 0 aliphatic carbocycles. The van der Waals surface area contributed by atoms with Crippen molar-refractivity contribution in [2.24, 2.45) is 0 Å². The molecule has 1 aromatic heterocycles. The van der Waals surface area contributed by atoms with Crippen molar-refractivity contribution < 1.29 is 9.59 Å². The van der Waals surface area contributed by atoms with E-state index >= 15 is 0 Å². The minimum Gasteiger partial charge on any atom is -0.318 e. The first kappa shape index (κ1) is 13.2. The molecule has 2 N–H and O–H groups in total. The summed E-state index contributed by atoms with van der Waals surface area (Å²) >= 11 is 0. The second kappa shape index (κ2) is 6.11. The number of hydrogen-bond donors (Lipinski definition) is 2. The summed E-state index contributed by atoms with van der Waals surface area (Å²) < 4.78 is 0. The SMILES string of the molecule is N#Cc1ccc(NC(=O)C(=O)Nc2ccccn2)cc1. The van der Waals surface area contributed by atoms with Gasteiger partial charge in [-0.25, -0.2) is 4.98 Å². The number of amides is 2. The molecule has 20 heavy (non-hydrogen) atoms. The van der Waals surface area contributed by atoms with Crippen LogP contribution in [0.2, 0.25) is 0 Å². The highest BCUT2D eigenvalue weighted by Gasteiger charge is 2.14. The smallest absolute Gasteiger partial charge is 0.315 e. The molecule has 0 bridgehead atoms. The molecule has 6 nitrogen and oxygen atoms in total. The fraction of sp³-hybridized carbons (Fsp3) is 0. The van der Waals surface area contributed by atoms with Crippen LogP contribution in [0.1, 0.15) is 5.56 Å². The van der Waals surface area contributed by atoms with E-state index in [1.165, 1.54) is 6.20 Å². The number of nitrogens with one attached hydrogen (secondary N) is 2. The molecule has 0 fully saturated rings. The molecule has 98 valence electrons. The molecule has 2 aromatic rings. The lowest BCUT2D eigenvalue weighted by molar-refractivity contribution is -0.133. The largest absolute Gasteiger partial charge is 0.318 e. The summed E-state index contributed by atoms with van der Waals surface area (Å²) in [6.45, 7) is 0. The predicted octanol–water partition coefficient (Wildman–Crippen LogP) is 1.53. The van der Waals surface area contributed by atoms with Crippen molar-refractivity contribution in [1.82, 2.24) is 4.98 Å². The van der Waals surface area contributed by atoms with Gasteiger partial charge in [-0.05, 0) is 36.4 Å². The van der Waals surface area contributed by atoms with Crippen molar-refractivity contribution in [3.63, 3.8) is 0 Å². The van der Waals surface area contributed by atoms with E-state index in [2.05, 4.69) is 15.6 Å². The Hall–Kier alpha value is -3.20. The Kier molecular flexibility index (Phi) is 4.04. The van der Waals surface area contributed by atoms with Gasteiger partial charge in [0.1, 0.15) is 5.82 Å². The number of carbonyl (C=O) groups excluding carboxylic acids is 2. The molecule has 2 rings (SSSR count). The quantitative estimate of drug-likeness (QED) is 0.806. The third-order valence-corrected chi connectivity index (χ3v) is 2.38. The average Bonchev–Trinajstić information content (AvgIpc) is 2.49. The lowest BCUT2D eigenvalue weighted by Gasteiger charge is -2.05. The van der Waals surface area contributed by atoms with E-state index in [0.29, 0.717) is 17.1 Å². The Morgan fingerprint density at radius 3 is 2.30 bits per heavy atom. The van der Waals surface area contributed by atoms with Crippen molar-refractivity contribution >= 4 is 23.3 Å². The summed E-state index contributed by atoms with van der Waals surface area (Å²) in [4.78, 5) is 27.2. The van der Waals surface area contributed by atoms with Crippen LogP contribution in [0.3, 0.4) is 0 Å². The van der Waals surface area contributed by atoms with E-state index < -0.39 is 11.8 Å². The number of benzene rings is 1. The molecule has 0 unspecified atom stereocenters. The molecule has 0 atom stereocenters. The van der Waals surface area contributed by atoms with Gasteiger partial charge in [-0.1, -0.05) is 6.07 Å². The standard InChI is InChI=1S/C14H10N4O2/c15-9-10-4-6-11(7-5-10)17-13(19)14(20)18-12-3-1-2-8-16-12/h1-8H,(H,17,19)(H,16,18,20). The van der Waals surface area contributed by atoms with Crippen LogP contribution in [0.25, 0.3) is 0 Å². The highest BCUT2D eigenvalue weighted by molar-refractivity contribution is 6.43. The summed E-state index contributed by atoms with van der Waals surface area (Å²) in [5, 5.41) is 13.4. The van der Waals surface area contributed by atoms with Gasteiger partial charge in [0.2, 0.25) is 0 Å². The van der Waals surface area contributed by atoms with Gasteiger partial charge in [0.15, 0.2) is 0 Å². The third kappa shape index (κ3) is 3.40. The fourth-order valence-electron chi connectivity index (χ4n) is 1.43. The maximum absolute atomic E-state index is 11.7. The molecular weight excluding hydrogens is 256 g/mol. The Morgan fingerprint density at radius 1 is 1.00 bits per heavy atom. The first-order valence-electron chi connectivity index (χ1n) is 5.72. The van der Waals surface area contributed by atoms with E-state index in [0.717, 1.165) is 0 Å². The first-order valence-corrected chi connectivity index (χ1v) is 5.72. The fourth-order valence-corrected chi connectivity index (χ4v) is 1.43. The zero-order valence-corrected chi connectivity index (χ0v) is 10.3. The highest BCUT2D eigenvalue weighted by Crippen LogP contribution is 2.09. The van der Waals surface area contributed by atoms with Crippen LogP contribution < -0.4 is 10.6 Å². The number of hydrogen-bond acceptors (Lipinski definition) is 4. The summed E-state index contributed by atoms with van der Waals surface area (Å²) in [6, 6.07) is 13.1. The van der Waals surface area contributed by atoms with Crippen LogP contribution in [0, 0.1) is 11.3 Å². The average molecular weight is 266 g/mol. The van der Waals surface area contributed by atoms with Gasteiger partial charge < -0.3 is 10.6 Å². The Balaban J connectivity index is 1.97. The Bertz CT molecular complexity index is 660. The second-order valence-electron chi connectivity index (χ2n) is 3.81. The van der Waals surface area contributed by atoms with E-state index in [-0.39, 0.29) is 0 Å². The molecule has 1 aromatic carbocycles.